The number of nitrogens with zero attached hydrogens (tertiary/aromatic N) is 2. The molecule has 0 bridgehead atoms. The molecule has 2 amide bonds. The minimum Gasteiger partial charge on any atom is -0.465 e. The van der Waals surface area contributed by atoms with E-state index < -0.39 is 64.5 Å². The molecule has 0 radical (unpaired) electrons. The van der Waals surface area contributed by atoms with Crippen LogP contribution in [0.1, 0.15) is 30.9 Å². The molecule has 0 spiro atoms. The molecule has 2 aromatic carbocycles. The molecule has 0 aromatic heterocycles. The van der Waals surface area contributed by atoms with Crippen LogP contribution in [0.2, 0.25) is 0 Å². The maximum atomic E-state index is 14.6. The SMILES string of the molecule is C[C@@H]1CN(C(=O)[C@@H]2CN(C(=O)O)C[C@H]2c2ccc(F)cc2F)C[C@H](C)C1(O)c1ccc(F)c(F)c1. The van der Waals surface area contributed by atoms with Crippen molar-refractivity contribution in [2.75, 3.05) is 26.2 Å². The van der Waals surface area contributed by atoms with Crippen molar-refractivity contribution in [3.05, 3.63) is 70.8 Å². The molecule has 2 N–H and O–H groups in total. The first kappa shape index (κ1) is 25.0. The zero-order valence-electron chi connectivity index (χ0n) is 19.2. The molecule has 2 aliphatic rings. The Morgan fingerprint density at radius 1 is 0.857 bits per heavy atom. The van der Waals surface area contributed by atoms with E-state index in [0.717, 1.165) is 23.1 Å². The molecule has 0 aliphatic carbocycles. The number of aliphatic hydroxyl groups is 1. The molecule has 2 fully saturated rings. The van der Waals surface area contributed by atoms with Gasteiger partial charge in [0, 0.05) is 50.0 Å². The second kappa shape index (κ2) is 9.14. The number of benzene rings is 2. The second-order valence-electron chi connectivity index (χ2n) is 9.57. The van der Waals surface area contributed by atoms with E-state index in [0.29, 0.717) is 6.07 Å². The van der Waals surface area contributed by atoms with Gasteiger partial charge in [-0.25, -0.2) is 22.4 Å². The van der Waals surface area contributed by atoms with Gasteiger partial charge in [0.2, 0.25) is 5.91 Å². The van der Waals surface area contributed by atoms with Gasteiger partial charge in [-0.3, -0.25) is 4.79 Å². The van der Waals surface area contributed by atoms with E-state index in [1.807, 2.05) is 0 Å². The topological polar surface area (TPSA) is 81.1 Å². The number of amides is 2. The van der Waals surface area contributed by atoms with Crippen molar-refractivity contribution in [1.29, 1.82) is 0 Å². The summed E-state index contributed by atoms with van der Waals surface area (Å²) in [5.74, 6) is -7.02. The van der Waals surface area contributed by atoms with Gasteiger partial charge in [0.15, 0.2) is 11.6 Å². The minimum absolute atomic E-state index is 0.0601. The lowest BCUT2D eigenvalue weighted by Gasteiger charge is -2.48. The van der Waals surface area contributed by atoms with Gasteiger partial charge in [0.05, 0.1) is 11.5 Å². The van der Waals surface area contributed by atoms with Gasteiger partial charge in [-0.1, -0.05) is 26.0 Å². The summed E-state index contributed by atoms with van der Waals surface area (Å²) in [4.78, 5) is 27.7. The van der Waals surface area contributed by atoms with Gasteiger partial charge in [-0.2, -0.15) is 0 Å². The Hall–Kier alpha value is -3.14. The van der Waals surface area contributed by atoms with Crippen LogP contribution in [0.3, 0.4) is 0 Å². The number of carbonyl (C=O) groups excluding carboxylic acids is 1. The number of halogens is 4. The predicted molar refractivity (Wildman–Crippen MR) is 117 cm³/mol. The third-order valence-electron chi connectivity index (χ3n) is 7.45. The third-order valence-corrected chi connectivity index (χ3v) is 7.45. The van der Waals surface area contributed by atoms with E-state index in [-0.39, 0.29) is 37.3 Å². The van der Waals surface area contributed by atoms with Crippen molar-refractivity contribution in [1.82, 2.24) is 9.80 Å². The average molecular weight is 494 g/mol. The van der Waals surface area contributed by atoms with E-state index in [9.17, 15) is 37.4 Å². The summed E-state index contributed by atoms with van der Waals surface area (Å²) in [7, 11) is 0. The molecule has 4 rings (SSSR count). The van der Waals surface area contributed by atoms with Crippen LogP contribution in [0.4, 0.5) is 22.4 Å². The largest absolute Gasteiger partial charge is 0.465 e. The van der Waals surface area contributed by atoms with Gasteiger partial charge in [-0.15, -0.1) is 0 Å². The van der Waals surface area contributed by atoms with Gasteiger partial charge < -0.3 is 20.0 Å². The maximum absolute atomic E-state index is 14.6. The number of hydrogen-bond donors (Lipinski definition) is 2. The highest BCUT2D eigenvalue weighted by atomic mass is 19.2. The number of likely N-dealkylation sites (tertiary alicyclic amines) is 2. The molecule has 188 valence electrons. The number of carbonyl (C=O) groups is 2. The molecule has 5 atom stereocenters. The quantitative estimate of drug-likeness (QED) is 0.634. The summed E-state index contributed by atoms with van der Waals surface area (Å²) in [6, 6.07) is 6.21. The summed E-state index contributed by atoms with van der Waals surface area (Å²) in [5.41, 5.74) is -1.27. The lowest BCUT2D eigenvalue weighted by molar-refractivity contribution is -0.152. The summed E-state index contributed by atoms with van der Waals surface area (Å²) in [6.07, 6.45) is -1.25. The molecule has 2 heterocycles. The smallest absolute Gasteiger partial charge is 0.407 e. The number of piperidine rings is 1. The van der Waals surface area contributed by atoms with Crippen molar-refractivity contribution in [3.8, 4) is 0 Å². The zero-order chi connectivity index (χ0) is 25.7. The van der Waals surface area contributed by atoms with Crippen LogP contribution >= 0.6 is 0 Å². The molecule has 2 aliphatic heterocycles. The van der Waals surface area contributed by atoms with E-state index in [1.54, 1.807) is 13.8 Å². The molecule has 1 unspecified atom stereocenters. The van der Waals surface area contributed by atoms with Crippen molar-refractivity contribution >= 4 is 12.0 Å². The summed E-state index contributed by atoms with van der Waals surface area (Å²) in [6.45, 7) is 3.25. The lowest BCUT2D eigenvalue weighted by atomic mass is 9.70. The molecule has 6 nitrogen and oxygen atoms in total. The number of carboxylic acid groups (broad SMARTS) is 1. The van der Waals surface area contributed by atoms with E-state index >= 15 is 0 Å². The van der Waals surface area contributed by atoms with Gasteiger partial charge in [0.25, 0.3) is 0 Å². The molecule has 2 saturated heterocycles. The Morgan fingerprint density at radius 3 is 2.09 bits per heavy atom. The highest BCUT2D eigenvalue weighted by Gasteiger charge is 2.50. The Kier molecular flexibility index (Phi) is 6.52. The van der Waals surface area contributed by atoms with Crippen molar-refractivity contribution < 1.29 is 37.4 Å². The monoisotopic (exact) mass is 494 g/mol. The summed E-state index contributed by atoms with van der Waals surface area (Å²) < 4.78 is 55.3. The molecule has 2 aromatic rings. The fourth-order valence-corrected chi connectivity index (χ4v) is 5.56. The highest BCUT2D eigenvalue weighted by molar-refractivity contribution is 5.82. The molecular formula is C25H26F4N2O4. The van der Waals surface area contributed by atoms with Crippen molar-refractivity contribution in [2.24, 2.45) is 17.8 Å². The maximum Gasteiger partial charge on any atom is 0.407 e. The molecule has 0 saturated carbocycles. The van der Waals surface area contributed by atoms with Gasteiger partial charge in [0.1, 0.15) is 11.6 Å². The van der Waals surface area contributed by atoms with Crippen LogP contribution in [-0.4, -0.2) is 58.2 Å². The van der Waals surface area contributed by atoms with Crippen LogP contribution < -0.4 is 0 Å². The third kappa shape index (κ3) is 4.35. The first-order chi connectivity index (χ1) is 16.4. The second-order valence-corrected chi connectivity index (χ2v) is 9.57. The van der Waals surface area contributed by atoms with Gasteiger partial charge in [-0.05, 0) is 29.3 Å². The Bertz CT molecular complexity index is 1150. The Balaban J connectivity index is 1.60. The summed E-state index contributed by atoms with van der Waals surface area (Å²) >= 11 is 0. The van der Waals surface area contributed by atoms with Crippen LogP contribution in [-0.2, 0) is 10.4 Å². The molecule has 10 heteroatoms. The van der Waals surface area contributed by atoms with Crippen LogP contribution in [0.25, 0.3) is 0 Å². The van der Waals surface area contributed by atoms with E-state index in [1.165, 1.54) is 17.0 Å². The average Bonchev–Trinajstić information content (AvgIpc) is 3.24. The lowest BCUT2D eigenvalue weighted by Crippen LogP contribution is -2.57. The first-order valence-electron chi connectivity index (χ1n) is 11.3. The van der Waals surface area contributed by atoms with Crippen LogP contribution in [0.15, 0.2) is 36.4 Å². The van der Waals surface area contributed by atoms with Crippen molar-refractivity contribution in [2.45, 2.75) is 25.4 Å². The fourth-order valence-electron chi connectivity index (χ4n) is 5.56. The zero-order valence-corrected chi connectivity index (χ0v) is 19.2. The normalized spacial score (nSPS) is 28.9. The van der Waals surface area contributed by atoms with E-state index in [2.05, 4.69) is 0 Å². The minimum atomic E-state index is -1.53. The van der Waals surface area contributed by atoms with Crippen LogP contribution in [0, 0.1) is 41.0 Å². The number of rotatable bonds is 3. The van der Waals surface area contributed by atoms with Crippen LogP contribution in [0.5, 0.6) is 0 Å². The Morgan fingerprint density at radius 2 is 1.51 bits per heavy atom. The standard InChI is InChI=1S/C25H26F4N2O4/c1-13-9-30(10-14(2)25(13,35)15-3-6-20(27)22(29)7-15)23(32)19-12-31(24(33)34)11-18(19)17-5-4-16(26)8-21(17)28/h3-8,13-14,18-19,35H,9-12H2,1-2H3,(H,33,34)/t13-,14+,18-,19+,25?/m0/s1. The highest BCUT2D eigenvalue weighted by Crippen LogP contribution is 2.43. The van der Waals surface area contributed by atoms with Crippen molar-refractivity contribution in [3.63, 3.8) is 0 Å². The fraction of sp³-hybridized carbons (Fsp3) is 0.440. The Labute approximate surface area is 199 Å². The predicted octanol–water partition coefficient (Wildman–Crippen LogP) is 3.94. The molecular weight excluding hydrogens is 468 g/mol. The molecule has 35 heavy (non-hydrogen) atoms. The van der Waals surface area contributed by atoms with E-state index in [4.69, 9.17) is 0 Å². The first-order valence-corrected chi connectivity index (χ1v) is 11.3. The number of hydrogen-bond acceptors (Lipinski definition) is 3. The van der Waals surface area contributed by atoms with Gasteiger partial charge >= 0.3 is 6.09 Å². The summed E-state index contributed by atoms with van der Waals surface area (Å²) in [5, 5.41) is 20.9.